The first-order valence-electron chi connectivity index (χ1n) is 6.77. The van der Waals surface area contributed by atoms with Crippen LogP contribution >= 0.6 is 15.9 Å². The lowest BCUT2D eigenvalue weighted by Gasteiger charge is -2.21. The summed E-state index contributed by atoms with van der Waals surface area (Å²) < 4.78 is 6.45. The Morgan fingerprint density at radius 3 is 2.89 bits per heavy atom. The minimum Gasteiger partial charge on any atom is -0.495 e. The number of anilines is 1. The minimum atomic E-state index is 0.811. The van der Waals surface area contributed by atoms with Gasteiger partial charge in [0.2, 0.25) is 0 Å². The van der Waals surface area contributed by atoms with Gasteiger partial charge >= 0.3 is 0 Å². The number of methoxy groups -OCH3 is 1. The molecule has 0 fully saturated rings. The molecule has 1 aliphatic rings. The van der Waals surface area contributed by atoms with Crippen molar-refractivity contribution in [1.82, 2.24) is 0 Å². The first-order valence-corrected chi connectivity index (χ1v) is 7.56. The van der Waals surface area contributed by atoms with Crippen molar-refractivity contribution in [3.05, 3.63) is 22.2 Å². The molecule has 0 saturated heterocycles. The molecule has 0 bridgehead atoms. The van der Waals surface area contributed by atoms with E-state index < -0.39 is 0 Å². The molecule has 0 spiro atoms. The van der Waals surface area contributed by atoms with E-state index in [1.54, 1.807) is 7.11 Å². The molecule has 100 valence electrons. The highest BCUT2D eigenvalue weighted by atomic mass is 79.9. The number of fused-ring (bicyclic) bond motifs is 1. The predicted molar refractivity (Wildman–Crippen MR) is 80.7 cm³/mol. The number of hydrogen-bond donors (Lipinski definition) is 0. The summed E-state index contributed by atoms with van der Waals surface area (Å²) in [5, 5.41) is 0. The Balaban J connectivity index is 2.12. The van der Waals surface area contributed by atoms with Crippen LogP contribution in [0.3, 0.4) is 0 Å². The molecule has 0 aliphatic carbocycles. The summed E-state index contributed by atoms with van der Waals surface area (Å²) in [6.45, 7) is 6.90. The lowest BCUT2D eigenvalue weighted by molar-refractivity contribution is 0.412. The van der Waals surface area contributed by atoms with E-state index in [-0.39, 0.29) is 0 Å². The van der Waals surface area contributed by atoms with Crippen LogP contribution in [0.2, 0.25) is 0 Å². The van der Waals surface area contributed by atoms with Gasteiger partial charge in [-0.15, -0.1) is 0 Å². The lowest BCUT2D eigenvalue weighted by Crippen LogP contribution is -2.23. The van der Waals surface area contributed by atoms with E-state index >= 15 is 0 Å². The Labute approximate surface area is 118 Å². The number of nitrogens with zero attached hydrogens (tertiary/aromatic N) is 1. The number of rotatable bonds is 5. The maximum atomic E-state index is 5.39. The van der Waals surface area contributed by atoms with Crippen molar-refractivity contribution in [2.24, 2.45) is 5.92 Å². The van der Waals surface area contributed by atoms with E-state index in [0.29, 0.717) is 0 Å². The SMILES string of the molecule is CCC(C)CCN1CCc2cc(Br)c(OC)cc21. The van der Waals surface area contributed by atoms with Gasteiger partial charge in [0.05, 0.1) is 11.6 Å². The van der Waals surface area contributed by atoms with Gasteiger partial charge in [0.15, 0.2) is 0 Å². The second-order valence-corrected chi connectivity index (χ2v) is 6.01. The van der Waals surface area contributed by atoms with Crippen molar-refractivity contribution in [1.29, 1.82) is 0 Å². The maximum absolute atomic E-state index is 5.39. The summed E-state index contributed by atoms with van der Waals surface area (Å²) in [6, 6.07) is 4.38. The van der Waals surface area contributed by atoms with Crippen LogP contribution in [0.1, 0.15) is 32.3 Å². The van der Waals surface area contributed by atoms with Crippen LogP contribution in [0.25, 0.3) is 0 Å². The van der Waals surface area contributed by atoms with Gasteiger partial charge in [-0.05, 0) is 46.3 Å². The van der Waals surface area contributed by atoms with Crippen molar-refractivity contribution in [2.45, 2.75) is 33.1 Å². The van der Waals surface area contributed by atoms with E-state index in [4.69, 9.17) is 4.74 Å². The summed E-state index contributed by atoms with van der Waals surface area (Å²) in [4.78, 5) is 2.50. The second kappa shape index (κ2) is 5.96. The van der Waals surface area contributed by atoms with Gasteiger partial charge < -0.3 is 9.64 Å². The highest BCUT2D eigenvalue weighted by Gasteiger charge is 2.21. The van der Waals surface area contributed by atoms with Gasteiger partial charge in [0.25, 0.3) is 0 Å². The summed E-state index contributed by atoms with van der Waals surface area (Å²) in [7, 11) is 1.73. The van der Waals surface area contributed by atoms with E-state index in [2.05, 4.69) is 46.8 Å². The average Bonchev–Trinajstić information content (AvgIpc) is 2.76. The minimum absolute atomic E-state index is 0.811. The van der Waals surface area contributed by atoms with E-state index in [1.165, 1.54) is 24.1 Å². The van der Waals surface area contributed by atoms with Crippen LogP contribution in [-0.4, -0.2) is 20.2 Å². The average molecular weight is 312 g/mol. The third-order valence-corrected chi connectivity index (χ3v) is 4.55. The fraction of sp³-hybridized carbons (Fsp3) is 0.600. The van der Waals surface area contributed by atoms with Gasteiger partial charge in [0, 0.05) is 24.8 Å². The molecule has 1 atom stereocenters. The molecule has 0 amide bonds. The maximum Gasteiger partial charge on any atom is 0.135 e. The van der Waals surface area contributed by atoms with E-state index in [0.717, 1.165) is 35.7 Å². The molecule has 0 saturated carbocycles. The van der Waals surface area contributed by atoms with Crippen molar-refractivity contribution >= 4 is 21.6 Å². The van der Waals surface area contributed by atoms with Crippen LogP contribution in [-0.2, 0) is 6.42 Å². The smallest absolute Gasteiger partial charge is 0.135 e. The van der Waals surface area contributed by atoms with Gasteiger partial charge in [-0.3, -0.25) is 0 Å². The van der Waals surface area contributed by atoms with Crippen LogP contribution in [0.15, 0.2) is 16.6 Å². The standard InChI is InChI=1S/C15H22BrNO/c1-4-11(2)5-7-17-8-6-12-9-13(16)15(18-3)10-14(12)17/h9-11H,4-8H2,1-3H3. The molecule has 0 aromatic heterocycles. The summed E-state index contributed by atoms with van der Waals surface area (Å²) in [5.41, 5.74) is 2.80. The van der Waals surface area contributed by atoms with Gasteiger partial charge in [-0.25, -0.2) is 0 Å². The molecule has 1 aromatic carbocycles. The zero-order valence-corrected chi connectivity index (χ0v) is 13.1. The van der Waals surface area contributed by atoms with Gasteiger partial charge in [-0.2, -0.15) is 0 Å². The largest absolute Gasteiger partial charge is 0.495 e. The number of hydrogen-bond acceptors (Lipinski definition) is 2. The molecule has 1 unspecified atom stereocenters. The Morgan fingerprint density at radius 2 is 2.22 bits per heavy atom. The zero-order chi connectivity index (χ0) is 13.1. The van der Waals surface area contributed by atoms with Crippen molar-refractivity contribution in [3.8, 4) is 5.75 Å². The molecule has 1 aromatic rings. The molecular weight excluding hydrogens is 290 g/mol. The Hall–Kier alpha value is -0.700. The van der Waals surface area contributed by atoms with Crippen LogP contribution in [0.5, 0.6) is 5.75 Å². The predicted octanol–water partition coefficient (Wildman–Crippen LogP) is 4.26. The molecular formula is C15H22BrNO. The van der Waals surface area contributed by atoms with Crippen LogP contribution in [0.4, 0.5) is 5.69 Å². The molecule has 0 N–H and O–H groups in total. The molecule has 2 rings (SSSR count). The topological polar surface area (TPSA) is 12.5 Å². The first kappa shape index (κ1) is 13.7. The van der Waals surface area contributed by atoms with Crippen molar-refractivity contribution in [2.75, 3.05) is 25.1 Å². The third-order valence-electron chi connectivity index (χ3n) is 3.93. The van der Waals surface area contributed by atoms with Gasteiger partial charge in [-0.1, -0.05) is 20.3 Å². The first-order chi connectivity index (χ1) is 8.65. The summed E-state index contributed by atoms with van der Waals surface area (Å²) in [6.07, 6.45) is 3.69. The quantitative estimate of drug-likeness (QED) is 0.805. The van der Waals surface area contributed by atoms with Crippen LogP contribution < -0.4 is 9.64 Å². The highest BCUT2D eigenvalue weighted by Crippen LogP contribution is 2.37. The monoisotopic (exact) mass is 311 g/mol. The summed E-state index contributed by atoms with van der Waals surface area (Å²) >= 11 is 3.56. The molecule has 0 radical (unpaired) electrons. The number of ether oxygens (including phenoxy) is 1. The van der Waals surface area contributed by atoms with Crippen molar-refractivity contribution in [3.63, 3.8) is 0 Å². The number of benzene rings is 1. The fourth-order valence-electron chi connectivity index (χ4n) is 2.42. The molecule has 1 aliphatic heterocycles. The molecule has 2 nitrogen and oxygen atoms in total. The molecule has 3 heteroatoms. The Kier molecular flexibility index (Phi) is 4.55. The Morgan fingerprint density at radius 1 is 1.44 bits per heavy atom. The normalized spacial score (nSPS) is 15.7. The van der Waals surface area contributed by atoms with Crippen LogP contribution in [0, 0.1) is 5.92 Å². The lowest BCUT2D eigenvalue weighted by atomic mass is 10.1. The fourth-order valence-corrected chi connectivity index (χ4v) is 2.98. The van der Waals surface area contributed by atoms with E-state index in [9.17, 15) is 0 Å². The number of halogens is 1. The Bertz CT molecular complexity index is 419. The van der Waals surface area contributed by atoms with Crippen molar-refractivity contribution < 1.29 is 4.74 Å². The van der Waals surface area contributed by atoms with Gasteiger partial charge in [0.1, 0.15) is 5.75 Å². The van der Waals surface area contributed by atoms with E-state index in [1.807, 2.05) is 0 Å². The highest BCUT2D eigenvalue weighted by molar-refractivity contribution is 9.10. The summed E-state index contributed by atoms with van der Waals surface area (Å²) in [5.74, 6) is 1.75. The zero-order valence-electron chi connectivity index (χ0n) is 11.5. The molecule has 18 heavy (non-hydrogen) atoms. The second-order valence-electron chi connectivity index (χ2n) is 5.15. The molecule has 1 heterocycles. The third kappa shape index (κ3) is 2.82.